The topological polar surface area (TPSA) is 179 Å². The number of hydrogen-bond acceptors (Lipinski definition) is 11. The van der Waals surface area contributed by atoms with Crippen LogP contribution in [0.3, 0.4) is 0 Å². The van der Waals surface area contributed by atoms with Crippen LogP contribution in [0.25, 0.3) is 0 Å². The monoisotopic (exact) mass is 698 g/mol. The van der Waals surface area contributed by atoms with Gasteiger partial charge in [0.1, 0.15) is 11.3 Å². The maximum Gasteiger partial charge on any atom is 0.331 e. The Balaban J connectivity index is 1.39. The van der Waals surface area contributed by atoms with Gasteiger partial charge in [-0.15, -0.1) is 0 Å². The van der Waals surface area contributed by atoms with E-state index in [1.54, 1.807) is 31.2 Å². The number of fused-ring (bicyclic) bond motifs is 6. The fraction of sp³-hybridized carbons (Fsp3) is 0.395. The number of likely N-dealkylation sites (N-methyl/N-ethyl adjacent to an activating group) is 1. The van der Waals surface area contributed by atoms with E-state index < -0.39 is 70.2 Å². The molecule has 0 spiro atoms. The second kappa shape index (κ2) is 13.2. The van der Waals surface area contributed by atoms with Crippen LogP contribution in [0.2, 0.25) is 0 Å². The Morgan fingerprint density at radius 1 is 1.16 bits per heavy atom. The number of aromatic amines is 1. The number of phenolic OH excluding ortho intramolecular Hbond substituents is 1. The van der Waals surface area contributed by atoms with E-state index in [0.29, 0.717) is 30.9 Å². The highest BCUT2D eigenvalue weighted by Crippen LogP contribution is 2.61. The van der Waals surface area contributed by atoms with Crippen molar-refractivity contribution < 1.29 is 48.5 Å². The molecular formula is C38H40N3O10+. The van der Waals surface area contributed by atoms with E-state index >= 15 is 0 Å². The number of aromatic nitrogens is 1. The quantitative estimate of drug-likeness (QED) is 0.142. The van der Waals surface area contributed by atoms with Crippen LogP contribution in [0, 0.1) is 18.8 Å². The average molecular weight is 699 g/mol. The van der Waals surface area contributed by atoms with Crippen molar-refractivity contribution in [3.05, 3.63) is 98.5 Å². The molecule has 6 atom stereocenters. The first-order valence-electron chi connectivity index (χ1n) is 17.0. The normalized spacial score (nSPS) is 28.4. The van der Waals surface area contributed by atoms with Crippen molar-refractivity contribution in [2.75, 3.05) is 34.0 Å². The van der Waals surface area contributed by atoms with Crippen LogP contribution in [-0.4, -0.2) is 89.5 Å². The summed E-state index contributed by atoms with van der Waals surface area (Å²) in [6.07, 6.45) is 11.6. The molecule has 4 N–H and O–H groups in total. The molecule has 0 fully saturated rings. The minimum Gasteiger partial charge on any atom is -0.506 e. The van der Waals surface area contributed by atoms with E-state index in [-0.39, 0.29) is 47.0 Å². The molecule has 13 nitrogen and oxygen atoms in total. The van der Waals surface area contributed by atoms with Crippen molar-refractivity contribution >= 4 is 23.2 Å². The first-order chi connectivity index (χ1) is 24.5. The molecule has 5 aliphatic rings. The summed E-state index contributed by atoms with van der Waals surface area (Å²) >= 11 is 0. The van der Waals surface area contributed by atoms with Crippen LogP contribution < -0.4 is 20.0 Å². The van der Waals surface area contributed by atoms with Gasteiger partial charge in [-0.1, -0.05) is 36.5 Å². The summed E-state index contributed by atoms with van der Waals surface area (Å²) in [5.74, 6) is -4.24. The van der Waals surface area contributed by atoms with Crippen molar-refractivity contribution in [3.8, 4) is 17.2 Å². The summed E-state index contributed by atoms with van der Waals surface area (Å²) in [5, 5.41) is 24.9. The SMILES string of the molecule is C/C=C/C=C/C=C/C(=O)O[C@@H]1C=CC[C@H]2C(=[NH+]CCN(C)C)c3c(O)c4c5c(c3O[C@H]12)OCO[C@@H]5C[C@@H]1C(=O)c2cc(C)[nH]c(=O)c2C(=O)[C@]41O. The van der Waals surface area contributed by atoms with E-state index in [2.05, 4.69) is 9.98 Å². The van der Waals surface area contributed by atoms with Crippen LogP contribution in [0.1, 0.15) is 69.0 Å². The highest BCUT2D eigenvalue weighted by atomic mass is 16.7. The summed E-state index contributed by atoms with van der Waals surface area (Å²) < 4.78 is 24.5. The molecule has 13 heteroatoms. The van der Waals surface area contributed by atoms with E-state index in [9.17, 15) is 29.4 Å². The zero-order valence-electron chi connectivity index (χ0n) is 28.7. The highest BCUT2D eigenvalue weighted by molar-refractivity contribution is 6.20. The Labute approximate surface area is 293 Å². The molecule has 3 aliphatic carbocycles. The number of aryl methyl sites for hydroxylation is 1. The van der Waals surface area contributed by atoms with Gasteiger partial charge in [0.15, 0.2) is 54.1 Å². The smallest absolute Gasteiger partial charge is 0.331 e. The molecule has 1 aromatic heterocycles. The Hall–Kier alpha value is -5.11. The number of nitrogens with one attached hydrogen (secondary N) is 2. The third-order valence-corrected chi connectivity index (χ3v) is 10.1. The number of aromatic hydroxyl groups is 1. The molecule has 0 unspecified atom stereocenters. The number of hydrogen-bond donors (Lipinski definition) is 4. The van der Waals surface area contributed by atoms with Crippen LogP contribution >= 0.6 is 0 Å². The van der Waals surface area contributed by atoms with Crippen LogP contribution in [-0.2, 0) is 19.9 Å². The summed E-state index contributed by atoms with van der Waals surface area (Å²) in [6, 6.07) is 1.43. The first-order valence-corrected chi connectivity index (χ1v) is 17.0. The Bertz CT molecular complexity index is 2040. The molecule has 0 bridgehead atoms. The van der Waals surface area contributed by atoms with Crippen LogP contribution in [0.15, 0.2) is 59.5 Å². The van der Waals surface area contributed by atoms with Crippen molar-refractivity contribution in [2.45, 2.75) is 50.6 Å². The molecule has 0 saturated carbocycles. The van der Waals surface area contributed by atoms with Crippen molar-refractivity contribution in [2.24, 2.45) is 11.8 Å². The highest BCUT2D eigenvalue weighted by Gasteiger charge is 2.63. The number of phenols is 1. The van der Waals surface area contributed by atoms with Gasteiger partial charge in [0.25, 0.3) is 5.56 Å². The number of ether oxygens (including phenoxy) is 4. The minimum absolute atomic E-state index is 0.0777. The van der Waals surface area contributed by atoms with Gasteiger partial charge in [-0.3, -0.25) is 14.4 Å². The molecule has 7 rings (SSSR count). The fourth-order valence-electron chi connectivity index (χ4n) is 7.84. The Morgan fingerprint density at radius 2 is 1.94 bits per heavy atom. The fourth-order valence-corrected chi connectivity index (χ4v) is 7.84. The average Bonchev–Trinajstić information content (AvgIpc) is 3.09. The number of nitrogens with zero attached hydrogens (tertiary/aromatic N) is 1. The number of pyridine rings is 1. The lowest BCUT2D eigenvalue weighted by Gasteiger charge is -2.48. The van der Waals surface area contributed by atoms with Crippen molar-refractivity contribution in [1.82, 2.24) is 9.88 Å². The number of benzene rings is 1. The molecular weight excluding hydrogens is 658 g/mol. The third kappa shape index (κ3) is 5.56. The number of ketones is 2. The largest absolute Gasteiger partial charge is 0.506 e. The predicted octanol–water partition coefficient (Wildman–Crippen LogP) is 1.45. The molecule has 0 saturated heterocycles. The number of esters is 1. The van der Waals surface area contributed by atoms with Gasteiger partial charge in [-0.25, -0.2) is 9.79 Å². The van der Waals surface area contributed by atoms with Crippen LogP contribution in [0.5, 0.6) is 17.2 Å². The predicted molar refractivity (Wildman–Crippen MR) is 183 cm³/mol. The zero-order valence-corrected chi connectivity index (χ0v) is 28.7. The van der Waals surface area contributed by atoms with E-state index in [1.807, 2.05) is 44.1 Å². The molecule has 2 aromatic rings. The van der Waals surface area contributed by atoms with Gasteiger partial charge in [0.2, 0.25) is 5.78 Å². The maximum atomic E-state index is 14.3. The van der Waals surface area contributed by atoms with Gasteiger partial charge in [-0.2, -0.15) is 0 Å². The number of Topliss-reactive ketones (excluding diaryl/α,β-unsaturated/α-hetero) is 2. The van der Waals surface area contributed by atoms with Crippen molar-refractivity contribution in [3.63, 3.8) is 0 Å². The lowest BCUT2D eigenvalue weighted by molar-refractivity contribution is -0.460. The van der Waals surface area contributed by atoms with Gasteiger partial charge in [0.05, 0.1) is 30.0 Å². The zero-order chi connectivity index (χ0) is 36.2. The molecule has 3 heterocycles. The van der Waals surface area contributed by atoms with E-state index in [0.717, 1.165) is 0 Å². The lowest BCUT2D eigenvalue weighted by atomic mass is 9.60. The number of H-pyrrole nitrogens is 1. The number of carbonyl (C=O) groups is 3. The molecule has 51 heavy (non-hydrogen) atoms. The standard InChI is InChI=1S/C38H39N3O10/c1-5-6-7-8-9-13-25(42)50-23-12-10-11-20-30(39-14-15-41(3)4)28-32(44)29-27-24(48-18-49-34(27)35(28)51-33(20)23)17-22-31(43)21-16-19(2)40-37(46)26(21)36(45)38(22,29)47/h5-10,12-13,16,20,22-24,33,44,47H,11,14-15,17-18H2,1-4H3,(H,40,46)/p+1/b6-5+,8-7+,13-9+,39-30?/t20-,22+,23+,24+,33-,38+/m0/s1. The maximum absolute atomic E-state index is 14.3. The number of carbonyl (C=O) groups excluding carboxylic acids is 3. The van der Waals surface area contributed by atoms with E-state index in [4.69, 9.17) is 18.9 Å². The summed E-state index contributed by atoms with van der Waals surface area (Å²) in [5.41, 5.74) is -2.99. The van der Waals surface area contributed by atoms with Gasteiger partial charge in [0, 0.05) is 28.5 Å². The number of aliphatic hydroxyl groups is 1. The van der Waals surface area contributed by atoms with Gasteiger partial charge in [-0.05, 0) is 52.9 Å². The molecule has 266 valence electrons. The van der Waals surface area contributed by atoms with Gasteiger partial charge >= 0.3 is 5.97 Å². The van der Waals surface area contributed by atoms with Crippen molar-refractivity contribution in [1.29, 1.82) is 0 Å². The summed E-state index contributed by atoms with van der Waals surface area (Å²) in [6.45, 7) is 4.30. The van der Waals surface area contributed by atoms with E-state index in [1.165, 1.54) is 12.1 Å². The lowest BCUT2D eigenvalue weighted by Crippen LogP contribution is -2.78. The summed E-state index contributed by atoms with van der Waals surface area (Å²) in [7, 11) is 3.84. The van der Waals surface area contributed by atoms with Crippen LogP contribution in [0.4, 0.5) is 0 Å². The molecule has 0 radical (unpaired) electrons. The second-order valence-corrected chi connectivity index (χ2v) is 13.6. The number of rotatable bonds is 7. The Kier molecular flexibility index (Phi) is 8.90. The minimum atomic E-state index is -2.61. The first kappa shape index (κ1) is 34.3. The molecule has 0 amide bonds. The van der Waals surface area contributed by atoms with Gasteiger partial charge < -0.3 is 39.0 Å². The number of allylic oxidation sites excluding steroid dienone is 6. The second-order valence-electron chi connectivity index (χ2n) is 13.6. The Morgan fingerprint density at radius 3 is 2.71 bits per heavy atom. The molecule has 2 aliphatic heterocycles. The third-order valence-electron chi connectivity index (χ3n) is 10.1. The summed E-state index contributed by atoms with van der Waals surface area (Å²) in [4.78, 5) is 62.4. The molecule has 1 aromatic carbocycles.